The molecular weight excluding hydrogens is 214 g/mol. The van der Waals surface area contributed by atoms with Crippen molar-refractivity contribution in [3.8, 4) is 0 Å². The van der Waals surface area contributed by atoms with Gasteiger partial charge < -0.3 is 10.8 Å². The quantitative estimate of drug-likeness (QED) is 0.756. The number of aliphatic hydroxyl groups excluding tert-OH is 1. The fraction of sp³-hybridized carbons (Fsp3) is 0.364. The first-order valence-electron chi connectivity index (χ1n) is 4.82. The van der Waals surface area contributed by atoms with E-state index in [2.05, 4.69) is 0 Å². The van der Waals surface area contributed by atoms with Crippen molar-refractivity contribution in [3.05, 3.63) is 34.9 Å². The zero-order valence-corrected chi connectivity index (χ0v) is 8.87. The molecule has 0 amide bonds. The fourth-order valence-electron chi connectivity index (χ4n) is 2.01. The Kier molecular flexibility index (Phi) is 2.54. The van der Waals surface area contributed by atoms with Crippen molar-refractivity contribution < 1.29 is 9.90 Å². The molecule has 0 unspecified atom stereocenters. The molecule has 1 aliphatic carbocycles. The Morgan fingerprint density at radius 1 is 1.47 bits per heavy atom. The summed E-state index contributed by atoms with van der Waals surface area (Å²) in [6.45, 7) is 0. The molecule has 80 valence electrons. The Bertz CT molecular complexity index is 407. The standard InChI is InChI=1S/C11H12ClNO2/c12-8-4-2-1-3-7(8)11(13)6-5-9(14)10(11)15/h1-4,9,14H,5-6,13H2/t9-,11+/m0/s1. The molecule has 0 heterocycles. The number of hydrogen-bond acceptors (Lipinski definition) is 3. The molecule has 0 spiro atoms. The van der Waals surface area contributed by atoms with E-state index in [1.54, 1.807) is 24.3 Å². The molecule has 2 rings (SSSR count). The van der Waals surface area contributed by atoms with Gasteiger partial charge in [0.05, 0.1) is 0 Å². The zero-order chi connectivity index (χ0) is 11.1. The molecule has 1 aromatic carbocycles. The summed E-state index contributed by atoms with van der Waals surface area (Å²) in [5.41, 5.74) is 5.51. The Morgan fingerprint density at radius 3 is 2.67 bits per heavy atom. The van der Waals surface area contributed by atoms with Gasteiger partial charge in [0, 0.05) is 5.02 Å². The average molecular weight is 226 g/mol. The number of hydrogen-bond donors (Lipinski definition) is 2. The highest BCUT2D eigenvalue weighted by atomic mass is 35.5. The molecule has 1 saturated carbocycles. The summed E-state index contributed by atoms with van der Waals surface area (Å²) in [6, 6.07) is 7.00. The highest BCUT2D eigenvalue weighted by Gasteiger charge is 2.46. The van der Waals surface area contributed by atoms with E-state index in [0.717, 1.165) is 0 Å². The SMILES string of the molecule is N[C@@]1(c2ccccc2Cl)CC[C@H](O)C1=O. The molecule has 0 radical (unpaired) electrons. The van der Waals surface area contributed by atoms with Crippen molar-refractivity contribution in [3.63, 3.8) is 0 Å². The van der Waals surface area contributed by atoms with Gasteiger partial charge in [-0.3, -0.25) is 4.79 Å². The third-order valence-corrected chi connectivity index (χ3v) is 3.24. The summed E-state index contributed by atoms with van der Waals surface area (Å²) >= 11 is 5.99. The molecule has 0 bridgehead atoms. The van der Waals surface area contributed by atoms with Crippen LogP contribution in [0.15, 0.2) is 24.3 Å². The summed E-state index contributed by atoms with van der Waals surface area (Å²) in [7, 11) is 0. The van der Waals surface area contributed by atoms with Crippen LogP contribution in [-0.4, -0.2) is 17.0 Å². The first-order valence-corrected chi connectivity index (χ1v) is 5.20. The normalized spacial score (nSPS) is 30.9. The van der Waals surface area contributed by atoms with Crippen molar-refractivity contribution in [2.24, 2.45) is 5.73 Å². The lowest BCUT2D eigenvalue weighted by Gasteiger charge is -2.23. The molecule has 3 N–H and O–H groups in total. The molecule has 0 aliphatic heterocycles. The van der Waals surface area contributed by atoms with Gasteiger partial charge in [0.2, 0.25) is 0 Å². The van der Waals surface area contributed by atoms with Gasteiger partial charge in [0.15, 0.2) is 5.78 Å². The molecule has 1 fully saturated rings. The number of halogens is 1. The Hall–Kier alpha value is -0.900. The van der Waals surface area contributed by atoms with Crippen LogP contribution < -0.4 is 5.73 Å². The summed E-state index contributed by atoms with van der Waals surface area (Å²) in [5, 5.41) is 9.89. The smallest absolute Gasteiger partial charge is 0.185 e. The summed E-state index contributed by atoms with van der Waals surface area (Å²) < 4.78 is 0. The monoisotopic (exact) mass is 225 g/mol. The van der Waals surface area contributed by atoms with E-state index in [0.29, 0.717) is 23.4 Å². The van der Waals surface area contributed by atoms with E-state index < -0.39 is 11.6 Å². The number of carbonyl (C=O) groups is 1. The van der Waals surface area contributed by atoms with Crippen molar-refractivity contribution in [2.75, 3.05) is 0 Å². The van der Waals surface area contributed by atoms with E-state index in [1.807, 2.05) is 0 Å². The van der Waals surface area contributed by atoms with Gasteiger partial charge in [0.1, 0.15) is 11.6 Å². The van der Waals surface area contributed by atoms with Crippen LogP contribution in [0.4, 0.5) is 0 Å². The summed E-state index contributed by atoms with van der Waals surface area (Å²) in [4.78, 5) is 11.7. The van der Waals surface area contributed by atoms with Gasteiger partial charge in [-0.1, -0.05) is 29.8 Å². The maximum atomic E-state index is 11.7. The van der Waals surface area contributed by atoms with Crippen molar-refractivity contribution in [1.82, 2.24) is 0 Å². The van der Waals surface area contributed by atoms with Crippen molar-refractivity contribution in [1.29, 1.82) is 0 Å². The zero-order valence-electron chi connectivity index (χ0n) is 8.11. The van der Waals surface area contributed by atoms with Crippen LogP contribution in [0.5, 0.6) is 0 Å². The average Bonchev–Trinajstić information content (AvgIpc) is 2.48. The largest absolute Gasteiger partial charge is 0.385 e. The number of Topliss-reactive ketones (excluding diaryl/α,β-unsaturated/α-hetero) is 1. The Balaban J connectivity index is 2.47. The third-order valence-electron chi connectivity index (χ3n) is 2.91. The van der Waals surface area contributed by atoms with Crippen LogP contribution in [0.3, 0.4) is 0 Å². The lowest BCUT2D eigenvalue weighted by Crippen LogP contribution is -2.43. The van der Waals surface area contributed by atoms with Gasteiger partial charge in [0.25, 0.3) is 0 Å². The number of rotatable bonds is 1. The Labute approximate surface area is 92.8 Å². The number of benzene rings is 1. The molecule has 1 aromatic rings. The first kappa shape index (κ1) is 10.6. The van der Waals surface area contributed by atoms with E-state index >= 15 is 0 Å². The fourth-order valence-corrected chi connectivity index (χ4v) is 2.31. The highest BCUT2D eigenvalue weighted by Crippen LogP contribution is 2.36. The molecule has 2 atom stereocenters. The van der Waals surface area contributed by atoms with Crippen LogP contribution in [0, 0.1) is 0 Å². The first-order chi connectivity index (χ1) is 7.05. The second-order valence-electron chi connectivity index (χ2n) is 3.87. The number of aliphatic hydroxyl groups is 1. The minimum atomic E-state index is -1.11. The van der Waals surface area contributed by atoms with Crippen LogP contribution >= 0.6 is 11.6 Å². The molecule has 4 heteroatoms. The minimum Gasteiger partial charge on any atom is -0.385 e. The van der Waals surface area contributed by atoms with Crippen LogP contribution in [0.2, 0.25) is 5.02 Å². The maximum absolute atomic E-state index is 11.7. The molecule has 0 aromatic heterocycles. The topological polar surface area (TPSA) is 63.3 Å². The summed E-state index contributed by atoms with van der Waals surface area (Å²) in [6.07, 6.45) is -0.108. The van der Waals surface area contributed by atoms with Crippen LogP contribution in [0.1, 0.15) is 18.4 Å². The lowest BCUT2D eigenvalue weighted by atomic mass is 9.88. The molecule has 3 nitrogen and oxygen atoms in total. The highest BCUT2D eigenvalue weighted by molar-refractivity contribution is 6.31. The van der Waals surface area contributed by atoms with Crippen molar-refractivity contribution in [2.45, 2.75) is 24.5 Å². The van der Waals surface area contributed by atoms with Gasteiger partial charge in [-0.15, -0.1) is 0 Å². The van der Waals surface area contributed by atoms with Gasteiger partial charge in [-0.25, -0.2) is 0 Å². The predicted octanol–water partition coefficient (Wildman–Crippen LogP) is 1.22. The third kappa shape index (κ3) is 1.57. The van der Waals surface area contributed by atoms with Crippen LogP contribution in [-0.2, 0) is 10.3 Å². The van der Waals surface area contributed by atoms with Gasteiger partial charge in [-0.05, 0) is 24.5 Å². The van der Waals surface area contributed by atoms with Crippen molar-refractivity contribution >= 4 is 17.4 Å². The molecule has 1 aliphatic rings. The van der Waals surface area contributed by atoms with E-state index in [1.165, 1.54) is 0 Å². The lowest BCUT2D eigenvalue weighted by molar-refractivity contribution is -0.128. The van der Waals surface area contributed by atoms with E-state index in [9.17, 15) is 9.90 Å². The Morgan fingerprint density at radius 2 is 2.13 bits per heavy atom. The number of nitrogens with two attached hydrogens (primary N) is 1. The summed E-state index contributed by atoms with van der Waals surface area (Å²) in [5.74, 6) is -0.337. The molecule has 15 heavy (non-hydrogen) atoms. The second kappa shape index (κ2) is 3.59. The molecule has 0 saturated heterocycles. The van der Waals surface area contributed by atoms with E-state index in [-0.39, 0.29) is 5.78 Å². The predicted molar refractivity (Wildman–Crippen MR) is 57.6 cm³/mol. The van der Waals surface area contributed by atoms with Gasteiger partial charge >= 0.3 is 0 Å². The second-order valence-corrected chi connectivity index (χ2v) is 4.28. The van der Waals surface area contributed by atoms with Gasteiger partial charge in [-0.2, -0.15) is 0 Å². The number of carbonyl (C=O) groups excluding carboxylic acids is 1. The maximum Gasteiger partial charge on any atom is 0.185 e. The van der Waals surface area contributed by atoms with E-state index in [4.69, 9.17) is 17.3 Å². The number of ketones is 1. The van der Waals surface area contributed by atoms with Crippen LogP contribution in [0.25, 0.3) is 0 Å². The minimum absolute atomic E-state index is 0.337. The molecular formula is C11H12ClNO2.